The number of hydrogen-bond donors (Lipinski definition) is 1. The largest absolute Gasteiger partial charge is 0.366 e. The molecule has 0 fully saturated rings. The average molecular weight is 224 g/mol. The Morgan fingerprint density at radius 1 is 1.47 bits per heavy atom. The van der Waals surface area contributed by atoms with Gasteiger partial charge in [-0.25, -0.2) is 14.6 Å². The number of primary amides is 1. The normalized spacial score (nSPS) is 10.2. The van der Waals surface area contributed by atoms with Gasteiger partial charge >= 0.3 is 0 Å². The number of carbonyl (C=O) groups excluding carboxylic acids is 1. The van der Waals surface area contributed by atoms with Crippen molar-refractivity contribution < 1.29 is 4.79 Å². The van der Waals surface area contributed by atoms with Crippen molar-refractivity contribution >= 4 is 17.5 Å². The molecule has 76 valence electrons. The number of nitrogens with two attached hydrogens (primary N) is 1. The maximum absolute atomic E-state index is 10.8. The molecule has 2 rings (SSSR count). The number of aromatic nitrogens is 4. The molecule has 2 heterocycles. The Hall–Kier alpha value is -1.95. The number of nitrogens with zero attached hydrogens (tertiary/aromatic N) is 4. The lowest BCUT2D eigenvalue weighted by molar-refractivity contribution is 0.100. The highest BCUT2D eigenvalue weighted by molar-refractivity contribution is 6.29. The first-order chi connectivity index (χ1) is 7.16. The maximum atomic E-state index is 10.8. The van der Waals surface area contributed by atoms with Crippen molar-refractivity contribution in [2.75, 3.05) is 0 Å². The number of amides is 1. The van der Waals surface area contributed by atoms with Crippen LogP contribution in [0.5, 0.6) is 0 Å². The van der Waals surface area contributed by atoms with E-state index in [1.54, 1.807) is 0 Å². The molecule has 0 atom stereocenters. The molecule has 1 amide bonds. The number of carbonyl (C=O) groups is 1. The first-order valence-electron chi connectivity index (χ1n) is 3.99. The average Bonchev–Trinajstić information content (AvgIpc) is 2.66. The Morgan fingerprint density at radius 3 is 2.87 bits per heavy atom. The molecule has 2 aromatic heterocycles. The Bertz CT molecular complexity index is 509. The second-order valence-corrected chi connectivity index (χ2v) is 3.12. The van der Waals surface area contributed by atoms with E-state index in [0.29, 0.717) is 16.5 Å². The molecule has 0 bridgehead atoms. The van der Waals surface area contributed by atoms with Gasteiger partial charge in [0.2, 0.25) is 0 Å². The summed E-state index contributed by atoms with van der Waals surface area (Å²) in [4.78, 5) is 18.5. The van der Waals surface area contributed by atoms with Crippen molar-refractivity contribution in [2.24, 2.45) is 5.73 Å². The molecule has 0 spiro atoms. The SMILES string of the molecule is NC(=O)c1cnn(-c2cc(Cl)ncn2)c1. The summed E-state index contributed by atoms with van der Waals surface area (Å²) in [5, 5.41) is 4.22. The van der Waals surface area contributed by atoms with Crippen LogP contribution in [-0.2, 0) is 0 Å². The van der Waals surface area contributed by atoms with Crippen molar-refractivity contribution in [3.63, 3.8) is 0 Å². The quantitative estimate of drug-likeness (QED) is 0.748. The third kappa shape index (κ3) is 1.94. The van der Waals surface area contributed by atoms with Gasteiger partial charge in [0.15, 0.2) is 5.82 Å². The fraction of sp³-hybridized carbons (Fsp3) is 0. The van der Waals surface area contributed by atoms with E-state index in [-0.39, 0.29) is 0 Å². The van der Waals surface area contributed by atoms with Crippen LogP contribution in [0.3, 0.4) is 0 Å². The zero-order chi connectivity index (χ0) is 10.8. The van der Waals surface area contributed by atoms with Crippen LogP contribution < -0.4 is 5.73 Å². The summed E-state index contributed by atoms with van der Waals surface area (Å²) in [5.74, 6) is -0.0658. The lowest BCUT2D eigenvalue weighted by atomic mass is 10.3. The molecule has 0 aliphatic carbocycles. The molecule has 0 saturated carbocycles. The van der Waals surface area contributed by atoms with Crippen molar-refractivity contribution in [3.05, 3.63) is 35.5 Å². The lowest BCUT2D eigenvalue weighted by Gasteiger charge is -1.98. The van der Waals surface area contributed by atoms with Gasteiger partial charge in [-0.05, 0) is 0 Å². The van der Waals surface area contributed by atoms with Crippen LogP contribution in [-0.4, -0.2) is 25.7 Å². The van der Waals surface area contributed by atoms with Gasteiger partial charge in [-0.3, -0.25) is 4.79 Å². The van der Waals surface area contributed by atoms with Crippen molar-refractivity contribution in [1.82, 2.24) is 19.7 Å². The van der Waals surface area contributed by atoms with Crippen LogP contribution >= 0.6 is 11.6 Å². The van der Waals surface area contributed by atoms with E-state index in [1.165, 1.54) is 29.5 Å². The Kier molecular flexibility index (Phi) is 2.34. The third-order valence-corrected chi connectivity index (χ3v) is 1.93. The van der Waals surface area contributed by atoms with Crippen LogP contribution in [0.2, 0.25) is 5.15 Å². The van der Waals surface area contributed by atoms with Gasteiger partial charge < -0.3 is 5.73 Å². The molecule has 0 aromatic carbocycles. The fourth-order valence-electron chi connectivity index (χ4n) is 1.02. The molecule has 7 heteroatoms. The Labute approximate surface area is 89.7 Å². The second-order valence-electron chi connectivity index (χ2n) is 2.74. The van der Waals surface area contributed by atoms with E-state index in [4.69, 9.17) is 17.3 Å². The summed E-state index contributed by atoms with van der Waals surface area (Å²) in [6.45, 7) is 0. The van der Waals surface area contributed by atoms with Crippen LogP contribution in [0.15, 0.2) is 24.8 Å². The maximum Gasteiger partial charge on any atom is 0.251 e. The summed E-state index contributed by atoms with van der Waals surface area (Å²) >= 11 is 5.68. The molecule has 0 unspecified atom stereocenters. The van der Waals surface area contributed by atoms with Crippen LogP contribution in [0.4, 0.5) is 0 Å². The topological polar surface area (TPSA) is 86.7 Å². The van der Waals surface area contributed by atoms with Crippen molar-refractivity contribution in [2.45, 2.75) is 0 Å². The summed E-state index contributed by atoms with van der Waals surface area (Å²) < 4.78 is 1.40. The van der Waals surface area contributed by atoms with E-state index in [0.717, 1.165) is 0 Å². The minimum Gasteiger partial charge on any atom is -0.366 e. The minimum atomic E-state index is -0.540. The lowest BCUT2D eigenvalue weighted by Crippen LogP contribution is -2.09. The van der Waals surface area contributed by atoms with Crippen molar-refractivity contribution in [1.29, 1.82) is 0 Å². The van der Waals surface area contributed by atoms with Gasteiger partial charge in [0.1, 0.15) is 11.5 Å². The fourth-order valence-corrected chi connectivity index (χ4v) is 1.17. The molecule has 15 heavy (non-hydrogen) atoms. The summed E-state index contributed by atoms with van der Waals surface area (Å²) in [5.41, 5.74) is 5.39. The smallest absolute Gasteiger partial charge is 0.251 e. The Balaban J connectivity index is 2.41. The molecule has 2 aromatic rings. The molecule has 0 saturated heterocycles. The predicted molar refractivity (Wildman–Crippen MR) is 52.7 cm³/mol. The van der Waals surface area contributed by atoms with Crippen molar-refractivity contribution in [3.8, 4) is 5.82 Å². The molecule has 0 aliphatic heterocycles. The Morgan fingerprint density at radius 2 is 2.27 bits per heavy atom. The van der Waals surface area contributed by atoms with Crippen LogP contribution in [0.25, 0.3) is 5.82 Å². The molecule has 2 N–H and O–H groups in total. The highest BCUT2D eigenvalue weighted by atomic mass is 35.5. The predicted octanol–water partition coefficient (Wildman–Crippen LogP) is 0.415. The van der Waals surface area contributed by atoms with Crippen LogP contribution in [0.1, 0.15) is 10.4 Å². The monoisotopic (exact) mass is 223 g/mol. The van der Waals surface area contributed by atoms with Gasteiger partial charge in [-0.2, -0.15) is 5.10 Å². The first-order valence-corrected chi connectivity index (χ1v) is 4.37. The molecule has 0 radical (unpaired) electrons. The number of hydrogen-bond acceptors (Lipinski definition) is 4. The third-order valence-electron chi connectivity index (χ3n) is 1.72. The van der Waals surface area contributed by atoms with E-state index in [9.17, 15) is 4.79 Å². The van der Waals surface area contributed by atoms with Gasteiger partial charge in [0.25, 0.3) is 5.91 Å². The number of rotatable bonds is 2. The summed E-state index contributed by atoms with van der Waals surface area (Å²) in [6, 6.07) is 1.53. The minimum absolute atomic E-state index is 0.302. The molecule has 6 nitrogen and oxygen atoms in total. The molecular formula is C8H6ClN5O. The van der Waals surface area contributed by atoms with E-state index >= 15 is 0 Å². The van der Waals surface area contributed by atoms with Gasteiger partial charge in [-0.1, -0.05) is 11.6 Å². The van der Waals surface area contributed by atoms with E-state index in [2.05, 4.69) is 15.1 Å². The summed E-state index contributed by atoms with van der Waals surface area (Å²) in [7, 11) is 0. The zero-order valence-corrected chi connectivity index (χ0v) is 8.22. The van der Waals surface area contributed by atoms with E-state index in [1.807, 2.05) is 0 Å². The first kappa shape index (κ1) is 9.60. The second kappa shape index (κ2) is 3.66. The van der Waals surface area contributed by atoms with Crippen LogP contribution in [0, 0.1) is 0 Å². The summed E-state index contributed by atoms with van der Waals surface area (Å²) in [6.07, 6.45) is 4.14. The highest BCUT2D eigenvalue weighted by Crippen LogP contribution is 2.09. The highest BCUT2D eigenvalue weighted by Gasteiger charge is 2.06. The molecule has 0 aliphatic rings. The van der Waals surface area contributed by atoms with Gasteiger partial charge in [0.05, 0.1) is 11.8 Å². The molecular weight excluding hydrogens is 218 g/mol. The standard InChI is InChI=1S/C8H6ClN5O/c9-6-1-7(12-4-11-6)14-3-5(2-13-14)8(10)15/h1-4H,(H2,10,15). The zero-order valence-electron chi connectivity index (χ0n) is 7.46. The van der Waals surface area contributed by atoms with E-state index < -0.39 is 5.91 Å². The van der Waals surface area contributed by atoms with Gasteiger partial charge in [0, 0.05) is 12.3 Å². The van der Waals surface area contributed by atoms with Gasteiger partial charge in [-0.15, -0.1) is 0 Å². The number of halogens is 1.